The fourth-order valence-electron chi connectivity index (χ4n) is 1.59. The van der Waals surface area contributed by atoms with E-state index < -0.39 is 0 Å². The lowest BCUT2D eigenvalue weighted by molar-refractivity contribution is -0.117. The first kappa shape index (κ1) is 14.7. The van der Waals surface area contributed by atoms with Crippen LogP contribution in [0.1, 0.15) is 13.8 Å². The average molecular weight is 250 g/mol. The fraction of sp³-hybridized carbons (Fsp3) is 0.500. The second-order valence-corrected chi connectivity index (χ2v) is 4.55. The van der Waals surface area contributed by atoms with Crippen molar-refractivity contribution in [3.63, 3.8) is 0 Å². The third kappa shape index (κ3) is 5.29. The second-order valence-electron chi connectivity index (χ2n) is 4.55. The number of hydrogen-bond donors (Lipinski definition) is 2. The fourth-order valence-corrected chi connectivity index (χ4v) is 1.59. The summed E-state index contributed by atoms with van der Waals surface area (Å²) in [5.41, 5.74) is 0.820. The van der Waals surface area contributed by atoms with E-state index in [4.69, 9.17) is 4.74 Å². The van der Waals surface area contributed by atoms with E-state index in [1.807, 2.05) is 37.3 Å². The summed E-state index contributed by atoms with van der Waals surface area (Å²) in [6, 6.07) is 9.24. The predicted octanol–water partition coefficient (Wildman–Crippen LogP) is 1.89. The second kappa shape index (κ2) is 7.84. The number of benzene rings is 1. The van der Waals surface area contributed by atoms with Gasteiger partial charge in [0.05, 0.1) is 6.04 Å². The molecule has 4 heteroatoms. The van der Waals surface area contributed by atoms with Gasteiger partial charge in [-0.05, 0) is 25.0 Å². The number of methoxy groups -OCH3 is 1. The van der Waals surface area contributed by atoms with Gasteiger partial charge in [-0.2, -0.15) is 0 Å². The summed E-state index contributed by atoms with van der Waals surface area (Å²) < 4.78 is 5.05. The first-order valence-corrected chi connectivity index (χ1v) is 6.21. The molecule has 4 nitrogen and oxygen atoms in total. The zero-order valence-electron chi connectivity index (χ0n) is 11.3. The van der Waals surface area contributed by atoms with Crippen molar-refractivity contribution in [1.82, 2.24) is 5.32 Å². The van der Waals surface area contributed by atoms with Crippen molar-refractivity contribution in [2.45, 2.75) is 19.9 Å². The van der Waals surface area contributed by atoms with Crippen molar-refractivity contribution in [3.8, 4) is 0 Å². The van der Waals surface area contributed by atoms with E-state index in [0.717, 1.165) is 12.2 Å². The van der Waals surface area contributed by atoms with E-state index in [1.165, 1.54) is 0 Å². The Balaban J connectivity index is 2.33. The van der Waals surface area contributed by atoms with Crippen LogP contribution in [-0.4, -0.2) is 32.2 Å². The van der Waals surface area contributed by atoms with Crippen molar-refractivity contribution in [3.05, 3.63) is 30.3 Å². The highest BCUT2D eigenvalue weighted by molar-refractivity contribution is 5.94. The van der Waals surface area contributed by atoms with Gasteiger partial charge in [0.1, 0.15) is 0 Å². The lowest BCUT2D eigenvalue weighted by Gasteiger charge is -2.17. The summed E-state index contributed by atoms with van der Waals surface area (Å²) in [6.07, 6.45) is 0. The lowest BCUT2D eigenvalue weighted by atomic mass is 10.2. The smallest absolute Gasteiger partial charge is 0.241 e. The quantitative estimate of drug-likeness (QED) is 0.777. The molecule has 0 spiro atoms. The van der Waals surface area contributed by atoms with E-state index >= 15 is 0 Å². The van der Waals surface area contributed by atoms with E-state index in [1.54, 1.807) is 7.11 Å². The van der Waals surface area contributed by atoms with Crippen LogP contribution in [-0.2, 0) is 9.53 Å². The number of carbonyl (C=O) groups excluding carboxylic acids is 1. The van der Waals surface area contributed by atoms with Crippen molar-refractivity contribution in [2.75, 3.05) is 25.6 Å². The van der Waals surface area contributed by atoms with Crippen LogP contribution in [0.4, 0.5) is 5.69 Å². The first-order valence-electron chi connectivity index (χ1n) is 6.21. The molecule has 0 heterocycles. The molecule has 2 atom stereocenters. The number of anilines is 1. The van der Waals surface area contributed by atoms with Crippen LogP contribution >= 0.6 is 0 Å². The summed E-state index contributed by atoms with van der Waals surface area (Å²) in [4.78, 5) is 11.9. The van der Waals surface area contributed by atoms with Gasteiger partial charge in [0.25, 0.3) is 0 Å². The normalized spacial score (nSPS) is 13.9. The van der Waals surface area contributed by atoms with Crippen molar-refractivity contribution in [2.24, 2.45) is 5.92 Å². The Morgan fingerprint density at radius 3 is 2.56 bits per heavy atom. The molecule has 0 aliphatic carbocycles. The van der Waals surface area contributed by atoms with Gasteiger partial charge in [0, 0.05) is 25.9 Å². The molecule has 1 rings (SSSR count). The third-order valence-corrected chi connectivity index (χ3v) is 2.66. The van der Waals surface area contributed by atoms with Gasteiger partial charge in [-0.25, -0.2) is 0 Å². The van der Waals surface area contributed by atoms with Crippen LogP contribution in [0.3, 0.4) is 0 Å². The molecule has 0 fully saturated rings. The number of hydrogen-bond acceptors (Lipinski definition) is 3. The minimum Gasteiger partial charge on any atom is -0.384 e. The SMILES string of the molecule is COCC(C)CNC(C)C(=O)Nc1ccccc1. The van der Waals surface area contributed by atoms with Crippen molar-refractivity contribution < 1.29 is 9.53 Å². The molecule has 18 heavy (non-hydrogen) atoms. The Bertz CT molecular complexity index is 354. The van der Waals surface area contributed by atoms with Gasteiger partial charge in [-0.3, -0.25) is 4.79 Å². The molecule has 0 aliphatic heterocycles. The molecule has 1 aromatic carbocycles. The van der Waals surface area contributed by atoms with Crippen LogP contribution in [0.2, 0.25) is 0 Å². The molecule has 0 saturated carbocycles. The standard InChI is InChI=1S/C14H22N2O2/c1-11(10-18-3)9-15-12(2)14(17)16-13-7-5-4-6-8-13/h4-8,11-12,15H,9-10H2,1-3H3,(H,16,17). The molecule has 2 N–H and O–H groups in total. The maximum atomic E-state index is 11.9. The molecule has 0 saturated heterocycles. The van der Waals surface area contributed by atoms with Crippen LogP contribution in [0.15, 0.2) is 30.3 Å². The Morgan fingerprint density at radius 1 is 1.28 bits per heavy atom. The summed E-state index contributed by atoms with van der Waals surface area (Å²) in [5, 5.41) is 6.06. The topological polar surface area (TPSA) is 50.4 Å². The predicted molar refractivity (Wildman–Crippen MR) is 73.6 cm³/mol. The van der Waals surface area contributed by atoms with Crippen LogP contribution in [0, 0.1) is 5.92 Å². The number of para-hydroxylation sites is 1. The molecular formula is C14H22N2O2. The molecule has 0 radical (unpaired) electrons. The molecular weight excluding hydrogens is 228 g/mol. The number of ether oxygens (including phenoxy) is 1. The van der Waals surface area contributed by atoms with Gasteiger partial charge in [-0.1, -0.05) is 25.1 Å². The monoisotopic (exact) mass is 250 g/mol. The summed E-state index contributed by atoms with van der Waals surface area (Å²) in [7, 11) is 1.68. The summed E-state index contributed by atoms with van der Waals surface area (Å²) >= 11 is 0. The molecule has 2 unspecified atom stereocenters. The van der Waals surface area contributed by atoms with Gasteiger partial charge in [0.2, 0.25) is 5.91 Å². The molecule has 0 bridgehead atoms. The minimum atomic E-state index is -0.218. The number of rotatable bonds is 7. The largest absolute Gasteiger partial charge is 0.384 e. The van der Waals surface area contributed by atoms with Crippen molar-refractivity contribution in [1.29, 1.82) is 0 Å². The molecule has 0 aliphatic rings. The maximum Gasteiger partial charge on any atom is 0.241 e. The van der Waals surface area contributed by atoms with E-state index in [0.29, 0.717) is 12.5 Å². The van der Waals surface area contributed by atoms with Gasteiger partial charge in [0.15, 0.2) is 0 Å². The van der Waals surface area contributed by atoms with Crippen molar-refractivity contribution >= 4 is 11.6 Å². The zero-order chi connectivity index (χ0) is 13.4. The Hall–Kier alpha value is -1.39. The highest BCUT2D eigenvalue weighted by Crippen LogP contribution is 2.05. The average Bonchev–Trinajstić information content (AvgIpc) is 2.37. The van der Waals surface area contributed by atoms with Crippen LogP contribution < -0.4 is 10.6 Å². The van der Waals surface area contributed by atoms with Gasteiger partial charge in [-0.15, -0.1) is 0 Å². The summed E-state index contributed by atoms with van der Waals surface area (Å²) in [5.74, 6) is 0.368. The van der Waals surface area contributed by atoms with E-state index in [9.17, 15) is 4.79 Å². The number of carbonyl (C=O) groups is 1. The van der Waals surface area contributed by atoms with Crippen LogP contribution in [0.25, 0.3) is 0 Å². The molecule has 1 amide bonds. The Labute approximate surface area is 109 Å². The maximum absolute atomic E-state index is 11.9. The highest BCUT2D eigenvalue weighted by Gasteiger charge is 2.13. The third-order valence-electron chi connectivity index (χ3n) is 2.66. The van der Waals surface area contributed by atoms with E-state index in [2.05, 4.69) is 17.6 Å². The Kier molecular flexibility index (Phi) is 6.39. The number of amides is 1. The van der Waals surface area contributed by atoms with E-state index in [-0.39, 0.29) is 11.9 Å². The molecule has 1 aromatic rings. The summed E-state index contributed by atoms with van der Waals surface area (Å²) in [6.45, 7) is 5.40. The minimum absolute atomic E-state index is 0.0224. The van der Waals surface area contributed by atoms with Gasteiger partial charge < -0.3 is 15.4 Å². The Morgan fingerprint density at radius 2 is 1.94 bits per heavy atom. The highest BCUT2D eigenvalue weighted by atomic mass is 16.5. The lowest BCUT2D eigenvalue weighted by Crippen LogP contribution is -2.40. The number of nitrogens with one attached hydrogen (secondary N) is 2. The zero-order valence-corrected chi connectivity index (χ0v) is 11.3. The molecule has 100 valence electrons. The molecule has 0 aromatic heterocycles. The first-order chi connectivity index (χ1) is 8.63. The van der Waals surface area contributed by atoms with Crippen LogP contribution in [0.5, 0.6) is 0 Å². The van der Waals surface area contributed by atoms with Gasteiger partial charge >= 0.3 is 0 Å².